The Morgan fingerprint density at radius 3 is 2.70 bits per heavy atom. The number of aromatic nitrogens is 1. The quantitative estimate of drug-likeness (QED) is 0.618. The molecule has 0 aliphatic carbocycles. The highest BCUT2D eigenvalue weighted by Gasteiger charge is 1.83. The van der Waals surface area contributed by atoms with Crippen LogP contribution in [0.1, 0.15) is 5.56 Å². The molecular formula is C8H11N2-. The summed E-state index contributed by atoms with van der Waals surface area (Å²) in [6.45, 7) is 0.907. The number of hydrogen-bond acceptors (Lipinski definition) is 1. The van der Waals surface area contributed by atoms with Gasteiger partial charge in [0.05, 0.1) is 0 Å². The zero-order valence-electron chi connectivity index (χ0n) is 6.12. The van der Waals surface area contributed by atoms with E-state index in [0.717, 1.165) is 13.0 Å². The van der Waals surface area contributed by atoms with Gasteiger partial charge in [-0.05, 0) is 24.1 Å². The zero-order chi connectivity index (χ0) is 7.23. The Labute approximate surface area is 61.3 Å². The molecule has 54 valence electrons. The van der Waals surface area contributed by atoms with Crippen LogP contribution in [0.5, 0.6) is 0 Å². The molecule has 0 aromatic carbocycles. The molecule has 0 saturated heterocycles. The molecule has 1 heterocycles. The van der Waals surface area contributed by atoms with E-state index in [2.05, 4.69) is 10.3 Å². The Morgan fingerprint density at radius 1 is 1.40 bits per heavy atom. The smallest absolute Gasteiger partial charge is 0.0270 e. The van der Waals surface area contributed by atoms with Crippen LogP contribution in [-0.4, -0.2) is 18.6 Å². The molecule has 0 spiro atoms. The third-order valence-corrected chi connectivity index (χ3v) is 1.37. The first-order valence-corrected chi connectivity index (χ1v) is 3.38. The molecule has 10 heavy (non-hydrogen) atoms. The number of nitrogens with zero attached hydrogens (tertiary/aromatic N) is 2. The Morgan fingerprint density at radius 2 is 2.10 bits per heavy atom. The van der Waals surface area contributed by atoms with Crippen LogP contribution in [0.15, 0.2) is 24.5 Å². The second kappa shape index (κ2) is 4.01. The average molecular weight is 135 g/mol. The highest BCUT2D eigenvalue weighted by Crippen LogP contribution is 1.97. The molecule has 0 N–H and O–H groups in total. The molecule has 0 aliphatic rings. The number of pyridine rings is 1. The summed E-state index contributed by atoms with van der Waals surface area (Å²) in [6, 6.07) is 4.04. The minimum atomic E-state index is 0.907. The van der Waals surface area contributed by atoms with Crippen LogP contribution in [0.2, 0.25) is 0 Å². The van der Waals surface area contributed by atoms with Gasteiger partial charge in [0.2, 0.25) is 0 Å². The second-order valence-electron chi connectivity index (χ2n) is 2.15. The molecule has 0 bridgehead atoms. The van der Waals surface area contributed by atoms with E-state index >= 15 is 0 Å². The lowest BCUT2D eigenvalue weighted by Gasteiger charge is -2.09. The minimum absolute atomic E-state index is 0.907. The Hall–Kier alpha value is -0.890. The van der Waals surface area contributed by atoms with Crippen LogP contribution < -0.4 is 0 Å². The van der Waals surface area contributed by atoms with Crippen molar-refractivity contribution in [3.63, 3.8) is 0 Å². The lowest BCUT2D eigenvalue weighted by Crippen LogP contribution is -1.89. The normalized spacial score (nSPS) is 9.70. The van der Waals surface area contributed by atoms with Gasteiger partial charge < -0.3 is 5.32 Å². The van der Waals surface area contributed by atoms with Crippen LogP contribution in [-0.2, 0) is 6.42 Å². The van der Waals surface area contributed by atoms with Gasteiger partial charge in [0.25, 0.3) is 0 Å². The molecule has 0 radical (unpaired) electrons. The maximum absolute atomic E-state index is 4.01. The van der Waals surface area contributed by atoms with Gasteiger partial charge in [-0.2, -0.15) is 7.05 Å². The molecule has 2 nitrogen and oxygen atoms in total. The summed E-state index contributed by atoms with van der Waals surface area (Å²) >= 11 is 0. The van der Waals surface area contributed by atoms with Gasteiger partial charge in [0.1, 0.15) is 0 Å². The highest BCUT2D eigenvalue weighted by molar-refractivity contribution is 5.10. The van der Waals surface area contributed by atoms with Gasteiger partial charge in [-0.25, -0.2) is 0 Å². The first kappa shape index (κ1) is 7.22. The topological polar surface area (TPSA) is 27.0 Å². The third-order valence-electron chi connectivity index (χ3n) is 1.37. The van der Waals surface area contributed by atoms with Crippen molar-refractivity contribution in [3.8, 4) is 0 Å². The van der Waals surface area contributed by atoms with Crippen molar-refractivity contribution in [2.24, 2.45) is 0 Å². The fourth-order valence-corrected chi connectivity index (χ4v) is 0.790. The lowest BCUT2D eigenvalue weighted by atomic mass is 10.2. The summed E-state index contributed by atoms with van der Waals surface area (Å²) in [5, 5.41) is 4.01. The Balaban J connectivity index is 2.43. The predicted molar refractivity (Wildman–Crippen MR) is 42.1 cm³/mol. The van der Waals surface area contributed by atoms with E-state index in [9.17, 15) is 0 Å². The summed E-state index contributed by atoms with van der Waals surface area (Å²) in [7, 11) is 1.83. The molecule has 0 amide bonds. The molecule has 1 aromatic rings. The van der Waals surface area contributed by atoms with Crippen LogP contribution >= 0.6 is 0 Å². The van der Waals surface area contributed by atoms with E-state index in [1.807, 2.05) is 31.6 Å². The van der Waals surface area contributed by atoms with E-state index in [0.29, 0.717) is 0 Å². The van der Waals surface area contributed by atoms with Gasteiger partial charge >= 0.3 is 0 Å². The maximum atomic E-state index is 4.01. The van der Waals surface area contributed by atoms with Gasteiger partial charge in [-0.1, -0.05) is 0 Å². The summed E-state index contributed by atoms with van der Waals surface area (Å²) in [4.78, 5) is 3.92. The van der Waals surface area contributed by atoms with E-state index in [4.69, 9.17) is 0 Å². The molecule has 2 heteroatoms. The zero-order valence-corrected chi connectivity index (χ0v) is 6.12. The molecule has 0 fully saturated rings. The van der Waals surface area contributed by atoms with Crippen molar-refractivity contribution in [2.45, 2.75) is 6.42 Å². The van der Waals surface area contributed by atoms with E-state index in [1.54, 1.807) is 0 Å². The summed E-state index contributed by atoms with van der Waals surface area (Å²) in [5.41, 5.74) is 1.31. The molecule has 0 aliphatic heterocycles. The molecular weight excluding hydrogens is 124 g/mol. The third kappa shape index (κ3) is 2.15. The van der Waals surface area contributed by atoms with Crippen molar-refractivity contribution < 1.29 is 0 Å². The van der Waals surface area contributed by atoms with Gasteiger partial charge in [0, 0.05) is 12.4 Å². The maximum Gasteiger partial charge on any atom is 0.0270 e. The standard InChI is InChI=1S/C8H11N2/c1-9-5-2-8-3-6-10-7-4-8/h3-4,6-7H,2,5H2,1H3/q-1. The molecule has 0 unspecified atom stereocenters. The van der Waals surface area contributed by atoms with Crippen molar-refractivity contribution in [3.05, 3.63) is 35.4 Å². The Bertz CT molecular complexity index is 172. The fraction of sp³-hybridized carbons (Fsp3) is 0.375. The second-order valence-corrected chi connectivity index (χ2v) is 2.15. The summed E-state index contributed by atoms with van der Waals surface area (Å²) < 4.78 is 0. The number of likely N-dealkylation sites (N-methyl/N-ethyl adjacent to an activating group) is 1. The number of rotatable bonds is 3. The number of hydrogen-bond donors (Lipinski definition) is 0. The Kier molecular flexibility index (Phi) is 2.90. The predicted octanol–water partition coefficient (Wildman–Crippen LogP) is 1.63. The van der Waals surface area contributed by atoms with Crippen LogP contribution in [0.4, 0.5) is 0 Å². The first-order chi connectivity index (χ1) is 4.93. The summed E-state index contributed by atoms with van der Waals surface area (Å²) in [5.74, 6) is 0. The van der Waals surface area contributed by atoms with E-state index in [-0.39, 0.29) is 0 Å². The molecule has 1 rings (SSSR count). The van der Waals surface area contributed by atoms with Gasteiger partial charge in [-0.3, -0.25) is 4.98 Å². The minimum Gasteiger partial charge on any atom is -0.665 e. The van der Waals surface area contributed by atoms with Crippen LogP contribution in [0.25, 0.3) is 5.32 Å². The van der Waals surface area contributed by atoms with E-state index < -0.39 is 0 Å². The largest absolute Gasteiger partial charge is 0.665 e. The molecule has 0 saturated carbocycles. The summed E-state index contributed by atoms with van der Waals surface area (Å²) in [6.07, 6.45) is 4.65. The van der Waals surface area contributed by atoms with Gasteiger partial charge in [-0.15, -0.1) is 6.54 Å². The monoisotopic (exact) mass is 135 g/mol. The lowest BCUT2D eigenvalue weighted by molar-refractivity contribution is 1.03. The fourth-order valence-electron chi connectivity index (χ4n) is 0.790. The van der Waals surface area contributed by atoms with E-state index in [1.165, 1.54) is 5.56 Å². The van der Waals surface area contributed by atoms with Crippen molar-refractivity contribution >= 4 is 0 Å². The van der Waals surface area contributed by atoms with Crippen LogP contribution in [0.3, 0.4) is 0 Å². The van der Waals surface area contributed by atoms with Crippen molar-refractivity contribution in [1.82, 2.24) is 4.98 Å². The highest BCUT2D eigenvalue weighted by atomic mass is 14.8. The SMILES string of the molecule is C[N-]CCc1ccncc1. The van der Waals surface area contributed by atoms with Crippen molar-refractivity contribution in [2.75, 3.05) is 13.6 Å². The first-order valence-electron chi connectivity index (χ1n) is 3.38. The van der Waals surface area contributed by atoms with Gasteiger partial charge in [0.15, 0.2) is 0 Å². The average Bonchev–Trinajstić information content (AvgIpc) is 2.03. The molecule has 1 aromatic heterocycles. The van der Waals surface area contributed by atoms with Crippen LogP contribution in [0, 0.1) is 0 Å². The molecule has 0 atom stereocenters. The van der Waals surface area contributed by atoms with Crippen molar-refractivity contribution in [1.29, 1.82) is 0 Å².